The summed E-state index contributed by atoms with van der Waals surface area (Å²) in [5, 5.41) is 5.75. The quantitative estimate of drug-likeness (QED) is 0.571. The van der Waals surface area contributed by atoms with Gasteiger partial charge in [0.15, 0.2) is 0 Å². The zero-order chi connectivity index (χ0) is 20.8. The number of carbonyl (C=O) groups excluding carboxylic acids is 2. The minimum atomic E-state index is -0.285. The van der Waals surface area contributed by atoms with Crippen LogP contribution in [0.25, 0.3) is 0 Å². The zero-order valence-electron chi connectivity index (χ0n) is 16.0. The Kier molecular flexibility index (Phi) is 6.61. The van der Waals surface area contributed by atoms with Crippen molar-refractivity contribution in [2.45, 2.75) is 13.0 Å². The number of hydrogen-bond donors (Lipinski definition) is 2. The Bertz CT molecular complexity index is 1020. The van der Waals surface area contributed by atoms with Gasteiger partial charge >= 0.3 is 0 Å². The van der Waals surface area contributed by atoms with Crippen molar-refractivity contribution in [3.8, 4) is 5.75 Å². The number of ether oxygens (including phenoxy) is 1. The molecule has 1 unspecified atom stereocenters. The predicted octanol–water partition coefficient (Wildman–Crippen LogP) is 4.60. The molecule has 0 fully saturated rings. The maximum absolute atomic E-state index is 12.7. The molecule has 29 heavy (non-hydrogen) atoms. The number of pyridine rings is 1. The van der Waals surface area contributed by atoms with Gasteiger partial charge in [0.25, 0.3) is 11.8 Å². The highest BCUT2D eigenvalue weighted by atomic mass is 79.9. The first-order valence-electron chi connectivity index (χ1n) is 8.93. The summed E-state index contributed by atoms with van der Waals surface area (Å²) >= 11 is 3.46. The van der Waals surface area contributed by atoms with Gasteiger partial charge in [0.05, 0.1) is 23.2 Å². The third-order valence-electron chi connectivity index (χ3n) is 4.33. The van der Waals surface area contributed by atoms with E-state index in [4.69, 9.17) is 4.74 Å². The van der Waals surface area contributed by atoms with Crippen LogP contribution in [0, 0.1) is 0 Å². The highest BCUT2D eigenvalue weighted by molar-refractivity contribution is 9.10. The number of benzene rings is 2. The molecule has 0 saturated carbocycles. The zero-order valence-corrected chi connectivity index (χ0v) is 17.6. The van der Waals surface area contributed by atoms with Gasteiger partial charge in [-0.05, 0) is 70.9 Å². The maximum Gasteiger partial charge on any atom is 0.257 e. The Morgan fingerprint density at radius 1 is 1.03 bits per heavy atom. The summed E-state index contributed by atoms with van der Waals surface area (Å²) in [7, 11) is 1.60. The van der Waals surface area contributed by atoms with Crippen molar-refractivity contribution in [1.29, 1.82) is 0 Å². The molecule has 2 aromatic carbocycles. The number of amides is 2. The fraction of sp³-hybridized carbons (Fsp3) is 0.136. The van der Waals surface area contributed by atoms with Gasteiger partial charge in [0.1, 0.15) is 5.75 Å². The molecule has 0 saturated heterocycles. The molecule has 1 heterocycles. The minimum Gasteiger partial charge on any atom is -0.496 e. The van der Waals surface area contributed by atoms with E-state index in [1.165, 1.54) is 6.20 Å². The molecule has 1 atom stereocenters. The Hall–Kier alpha value is -3.19. The van der Waals surface area contributed by atoms with Crippen molar-refractivity contribution in [3.05, 3.63) is 88.2 Å². The Morgan fingerprint density at radius 3 is 2.52 bits per heavy atom. The molecule has 3 aromatic rings. The van der Waals surface area contributed by atoms with Gasteiger partial charge in [-0.25, -0.2) is 0 Å². The first-order valence-corrected chi connectivity index (χ1v) is 9.73. The molecule has 0 aliphatic carbocycles. The van der Waals surface area contributed by atoms with Gasteiger partial charge in [0, 0.05) is 23.6 Å². The van der Waals surface area contributed by atoms with E-state index in [1.54, 1.807) is 49.7 Å². The van der Waals surface area contributed by atoms with E-state index in [2.05, 4.69) is 31.5 Å². The average molecular weight is 454 g/mol. The van der Waals surface area contributed by atoms with E-state index in [0.29, 0.717) is 16.8 Å². The second kappa shape index (κ2) is 9.34. The van der Waals surface area contributed by atoms with Gasteiger partial charge in [0.2, 0.25) is 0 Å². The van der Waals surface area contributed by atoms with Gasteiger partial charge in [-0.1, -0.05) is 12.1 Å². The van der Waals surface area contributed by atoms with E-state index in [-0.39, 0.29) is 17.9 Å². The molecule has 0 bridgehead atoms. The average Bonchev–Trinajstić information content (AvgIpc) is 2.74. The number of halogens is 1. The van der Waals surface area contributed by atoms with Crippen LogP contribution in [-0.2, 0) is 0 Å². The summed E-state index contributed by atoms with van der Waals surface area (Å²) < 4.78 is 6.05. The largest absolute Gasteiger partial charge is 0.496 e. The lowest BCUT2D eigenvalue weighted by Gasteiger charge is -2.16. The number of carbonyl (C=O) groups is 2. The Balaban J connectivity index is 1.69. The smallest absolute Gasteiger partial charge is 0.257 e. The molecule has 3 rings (SSSR count). The predicted molar refractivity (Wildman–Crippen MR) is 115 cm³/mol. The highest BCUT2D eigenvalue weighted by Crippen LogP contribution is 2.28. The first kappa shape index (κ1) is 20.5. The molecule has 6 nitrogen and oxygen atoms in total. The Labute approximate surface area is 177 Å². The van der Waals surface area contributed by atoms with Crippen LogP contribution in [0.3, 0.4) is 0 Å². The lowest BCUT2D eigenvalue weighted by Crippen LogP contribution is -2.26. The van der Waals surface area contributed by atoms with Crippen molar-refractivity contribution in [1.82, 2.24) is 10.3 Å². The van der Waals surface area contributed by atoms with Crippen LogP contribution < -0.4 is 15.4 Å². The lowest BCUT2D eigenvalue weighted by molar-refractivity contribution is 0.0938. The summed E-state index contributed by atoms with van der Waals surface area (Å²) in [6.45, 7) is 1.90. The number of methoxy groups -OCH3 is 1. The molecular formula is C22H20BrN3O3. The topological polar surface area (TPSA) is 80.3 Å². The van der Waals surface area contributed by atoms with Crippen LogP contribution in [-0.4, -0.2) is 23.9 Å². The van der Waals surface area contributed by atoms with Crippen LogP contribution in [0.2, 0.25) is 0 Å². The van der Waals surface area contributed by atoms with Crippen molar-refractivity contribution in [2.75, 3.05) is 12.4 Å². The van der Waals surface area contributed by atoms with Crippen molar-refractivity contribution >= 4 is 33.4 Å². The molecule has 0 aliphatic heterocycles. The molecule has 0 spiro atoms. The van der Waals surface area contributed by atoms with E-state index in [9.17, 15) is 9.59 Å². The fourth-order valence-electron chi connectivity index (χ4n) is 2.75. The van der Waals surface area contributed by atoms with Gasteiger partial charge in [-0.2, -0.15) is 0 Å². The molecule has 2 N–H and O–H groups in total. The van der Waals surface area contributed by atoms with E-state index in [0.717, 1.165) is 15.8 Å². The number of nitrogens with zero attached hydrogens (tertiary/aromatic N) is 1. The summed E-state index contributed by atoms with van der Waals surface area (Å²) in [5.74, 6) is 0.207. The maximum atomic E-state index is 12.7. The number of hydrogen-bond acceptors (Lipinski definition) is 4. The normalized spacial score (nSPS) is 11.4. The molecule has 148 valence electrons. The molecule has 2 amide bonds. The molecule has 0 aliphatic rings. The van der Waals surface area contributed by atoms with Crippen LogP contribution >= 0.6 is 15.9 Å². The van der Waals surface area contributed by atoms with Crippen LogP contribution in [0.1, 0.15) is 39.2 Å². The van der Waals surface area contributed by atoms with Crippen molar-refractivity contribution in [2.24, 2.45) is 0 Å². The summed E-state index contributed by atoms with van der Waals surface area (Å²) in [4.78, 5) is 28.9. The third-order valence-corrected chi connectivity index (χ3v) is 4.95. The van der Waals surface area contributed by atoms with Gasteiger partial charge in [-0.15, -0.1) is 0 Å². The van der Waals surface area contributed by atoms with E-state index >= 15 is 0 Å². The number of aromatic nitrogens is 1. The number of rotatable bonds is 6. The van der Waals surface area contributed by atoms with Gasteiger partial charge < -0.3 is 15.4 Å². The second-order valence-corrected chi connectivity index (χ2v) is 7.22. The van der Waals surface area contributed by atoms with Gasteiger partial charge in [-0.3, -0.25) is 14.6 Å². The van der Waals surface area contributed by atoms with E-state index in [1.807, 2.05) is 25.1 Å². The van der Waals surface area contributed by atoms with Crippen molar-refractivity contribution < 1.29 is 14.3 Å². The second-order valence-electron chi connectivity index (χ2n) is 6.37. The molecule has 7 heteroatoms. The number of nitrogens with one attached hydrogen (secondary N) is 2. The lowest BCUT2D eigenvalue weighted by atomic mass is 10.1. The highest BCUT2D eigenvalue weighted by Gasteiger charge is 2.14. The molecular weight excluding hydrogens is 434 g/mol. The fourth-order valence-corrected chi connectivity index (χ4v) is 3.31. The summed E-state index contributed by atoms with van der Waals surface area (Å²) in [5.41, 5.74) is 2.37. The summed E-state index contributed by atoms with van der Waals surface area (Å²) in [6, 6.07) is 15.6. The standard InChI is InChI=1S/C22H20BrN3O3/c1-14(15-8-9-20(29-2)19(23)12-15)25-21(27)16-5-3-7-18(11-16)26-22(28)17-6-4-10-24-13-17/h3-14H,1-2H3,(H,25,27)(H,26,28). The third kappa shape index (κ3) is 5.20. The molecule has 0 radical (unpaired) electrons. The van der Waals surface area contributed by atoms with Crippen LogP contribution in [0.4, 0.5) is 5.69 Å². The summed E-state index contributed by atoms with van der Waals surface area (Å²) in [6.07, 6.45) is 3.09. The SMILES string of the molecule is COc1ccc(C(C)NC(=O)c2cccc(NC(=O)c3cccnc3)c2)cc1Br. The Morgan fingerprint density at radius 2 is 1.83 bits per heavy atom. The number of anilines is 1. The van der Waals surface area contributed by atoms with Crippen LogP contribution in [0.5, 0.6) is 5.75 Å². The monoisotopic (exact) mass is 453 g/mol. The molecule has 1 aromatic heterocycles. The first-order chi connectivity index (χ1) is 14.0. The van der Waals surface area contributed by atoms with Crippen LogP contribution in [0.15, 0.2) is 71.5 Å². The van der Waals surface area contributed by atoms with Crippen molar-refractivity contribution in [3.63, 3.8) is 0 Å². The minimum absolute atomic E-state index is 0.210. The van der Waals surface area contributed by atoms with E-state index < -0.39 is 0 Å².